The van der Waals surface area contributed by atoms with Gasteiger partial charge in [-0.15, -0.1) is 11.3 Å². The molecule has 0 saturated heterocycles. The monoisotopic (exact) mass is 641 g/mol. The molecule has 10 aromatic rings. The van der Waals surface area contributed by atoms with Crippen molar-refractivity contribution in [3.63, 3.8) is 0 Å². The molecule has 228 valence electrons. The maximum atomic E-state index is 5.08. The Hall–Kier alpha value is -6.23. The molecule has 0 N–H and O–H groups in total. The van der Waals surface area contributed by atoms with Crippen molar-refractivity contribution in [2.75, 3.05) is 0 Å². The van der Waals surface area contributed by atoms with Gasteiger partial charge in [-0.05, 0) is 61.6 Å². The zero-order valence-corrected chi connectivity index (χ0v) is 27.2. The molecule has 3 nitrogen and oxygen atoms in total. The molecule has 0 atom stereocenters. The minimum absolute atomic E-state index is 0.653. The van der Waals surface area contributed by atoms with Gasteiger partial charge in [0.15, 0.2) is 17.5 Å². The van der Waals surface area contributed by atoms with Crippen LogP contribution in [0.15, 0.2) is 164 Å². The Labute approximate surface area is 286 Å². The summed E-state index contributed by atoms with van der Waals surface area (Å²) in [5, 5.41) is 10.0. The van der Waals surface area contributed by atoms with Crippen LogP contribution in [0.1, 0.15) is 0 Å². The molecular weight excluding hydrogens is 615 g/mol. The number of thiophene rings is 1. The summed E-state index contributed by atoms with van der Waals surface area (Å²) in [4.78, 5) is 15.1. The maximum absolute atomic E-state index is 5.08. The van der Waals surface area contributed by atoms with Gasteiger partial charge in [0, 0.05) is 36.9 Å². The van der Waals surface area contributed by atoms with Crippen LogP contribution < -0.4 is 0 Å². The molecule has 0 amide bonds. The molecule has 0 unspecified atom stereocenters. The standard InChI is InChI=1S/C45H27N3S/c1-2-11-30(12-3-1)43-46-44(48-45(47-43)33-23-24-37-36-16-8-9-17-40(36)49-41(37)27-33)31-20-18-29(19-21-31)42-35-15-7-5-13-32(35)26-39-34-14-6-4-10-28(34)22-25-38(39)42/h1-27H. The predicted octanol–water partition coefficient (Wildman–Crippen LogP) is 12.4. The van der Waals surface area contributed by atoms with Gasteiger partial charge in [0.25, 0.3) is 0 Å². The molecule has 0 aliphatic heterocycles. The topological polar surface area (TPSA) is 38.7 Å². The van der Waals surface area contributed by atoms with Crippen LogP contribution >= 0.6 is 11.3 Å². The largest absolute Gasteiger partial charge is 0.208 e. The minimum Gasteiger partial charge on any atom is -0.208 e. The molecule has 0 radical (unpaired) electrons. The van der Waals surface area contributed by atoms with Crippen LogP contribution in [0.5, 0.6) is 0 Å². The zero-order chi connectivity index (χ0) is 32.3. The quantitative estimate of drug-likeness (QED) is 0.142. The third-order valence-corrected chi connectivity index (χ3v) is 10.6. The molecular formula is C45H27N3S. The number of aromatic nitrogens is 3. The van der Waals surface area contributed by atoms with Gasteiger partial charge in [-0.25, -0.2) is 15.0 Å². The molecule has 2 aromatic heterocycles. The van der Waals surface area contributed by atoms with Gasteiger partial charge in [-0.3, -0.25) is 0 Å². The van der Waals surface area contributed by atoms with Gasteiger partial charge in [0.1, 0.15) is 0 Å². The first-order chi connectivity index (χ1) is 24.3. The highest BCUT2D eigenvalue weighted by molar-refractivity contribution is 7.25. The van der Waals surface area contributed by atoms with Crippen LogP contribution in [-0.4, -0.2) is 15.0 Å². The van der Waals surface area contributed by atoms with Crippen molar-refractivity contribution in [3.8, 4) is 45.3 Å². The Kier molecular flexibility index (Phi) is 6.36. The maximum Gasteiger partial charge on any atom is 0.164 e. The number of benzene rings is 8. The third kappa shape index (κ3) is 4.68. The summed E-state index contributed by atoms with van der Waals surface area (Å²) in [6.07, 6.45) is 0. The Morgan fingerprint density at radius 1 is 0.306 bits per heavy atom. The average molecular weight is 642 g/mol. The van der Waals surface area contributed by atoms with Crippen molar-refractivity contribution in [1.29, 1.82) is 0 Å². The molecule has 10 rings (SSSR count). The summed E-state index contributed by atoms with van der Waals surface area (Å²) >= 11 is 1.80. The van der Waals surface area contributed by atoms with Crippen molar-refractivity contribution in [1.82, 2.24) is 15.0 Å². The normalized spacial score (nSPS) is 11.7. The van der Waals surface area contributed by atoms with E-state index in [0.717, 1.165) is 22.3 Å². The van der Waals surface area contributed by atoms with Crippen LogP contribution in [0.25, 0.3) is 97.8 Å². The Morgan fingerprint density at radius 3 is 1.65 bits per heavy atom. The second-order valence-corrected chi connectivity index (χ2v) is 13.5. The van der Waals surface area contributed by atoms with Crippen LogP contribution in [0.3, 0.4) is 0 Å². The highest BCUT2D eigenvalue weighted by Crippen LogP contribution is 2.40. The molecule has 8 aromatic carbocycles. The lowest BCUT2D eigenvalue weighted by molar-refractivity contribution is 1.07. The van der Waals surface area contributed by atoms with E-state index in [0.29, 0.717) is 17.5 Å². The second-order valence-electron chi connectivity index (χ2n) is 12.4. The minimum atomic E-state index is 0.653. The van der Waals surface area contributed by atoms with E-state index in [1.165, 1.54) is 58.1 Å². The number of fused-ring (bicyclic) bond motifs is 7. The van der Waals surface area contributed by atoms with Gasteiger partial charge >= 0.3 is 0 Å². The fraction of sp³-hybridized carbons (Fsp3) is 0. The van der Waals surface area contributed by atoms with E-state index in [2.05, 4.69) is 146 Å². The van der Waals surface area contributed by atoms with E-state index >= 15 is 0 Å². The van der Waals surface area contributed by atoms with Crippen molar-refractivity contribution < 1.29 is 0 Å². The SMILES string of the molecule is c1ccc(-c2nc(-c3ccc(-c4c5ccccc5cc5c4ccc4ccccc45)cc3)nc(-c3ccc4c(c3)sc3ccccc34)n2)cc1. The lowest BCUT2D eigenvalue weighted by Gasteiger charge is -2.14. The Balaban J connectivity index is 1.13. The van der Waals surface area contributed by atoms with Crippen molar-refractivity contribution >= 4 is 63.8 Å². The summed E-state index contributed by atoms with van der Waals surface area (Å²) in [6, 6.07) is 58.1. The summed E-state index contributed by atoms with van der Waals surface area (Å²) in [5.41, 5.74) is 5.28. The lowest BCUT2D eigenvalue weighted by atomic mass is 9.89. The van der Waals surface area contributed by atoms with Crippen LogP contribution in [0.2, 0.25) is 0 Å². The lowest BCUT2D eigenvalue weighted by Crippen LogP contribution is -2.00. The highest BCUT2D eigenvalue weighted by atomic mass is 32.1. The Bertz CT molecular complexity index is 2870. The molecule has 0 aliphatic carbocycles. The zero-order valence-electron chi connectivity index (χ0n) is 26.3. The van der Waals surface area contributed by atoms with E-state index in [1.807, 2.05) is 18.2 Å². The van der Waals surface area contributed by atoms with Crippen LogP contribution in [-0.2, 0) is 0 Å². The predicted molar refractivity (Wildman–Crippen MR) is 207 cm³/mol. The van der Waals surface area contributed by atoms with Gasteiger partial charge < -0.3 is 0 Å². The van der Waals surface area contributed by atoms with Gasteiger partial charge in [0.2, 0.25) is 0 Å². The number of rotatable bonds is 4. The molecule has 49 heavy (non-hydrogen) atoms. The summed E-state index contributed by atoms with van der Waals surface area (Å²) < 4.78 is 2.50. The van der Waals surface area contributed by atoms with Crippen LogP contribution in [0, 0.1) is 0 Å². The highest BCUT2D eigenvalue weighted by Gasteiger charge is 2.16. The van der Waals surface area contributed by atoms with E-state index in [9.17, 15) is 0 Å². The van der Waals surface area contributed by atoms with E-state index < -0.39 is 0 Å². The third-order valence-electron chi connectivity index (χ3n) is 9.51. The first kappa shape index (κ1) is 27.8. The summed E-state index contributed by atoms with van der Waals surface area (Å²) in [6.45, 7) is 0. The second kappa shape index (κ2) is 11.2. The Morgan fingerprint density at radius 2 is 0.857 bits per heavy atom. The molecule has 2 heterocycles. The van der Waals surface area contributed by atoms with Gasteiger partial charge in [-0.2, -0.15) is 0 Å². The average Bonchev–Trinajstić information content (AvgIpc) is 3.55. The first-order valence-corrected chi connectivity index (χ1v) is 17.3. The van der Waals surface area contributed by atoms with Gasteiger partial charge in [-0.1, -0.05) is 146 Å². The molecule has 0 fully saturated rings. The number of hydrogen-bond donors (Lipinski definition) is 0. The molecule has 4 heteroatoms. The molecule has 0 bridgehead atoms. The van der Waals surface area contributed by atoms with E-state index in [-0.39, 0.29) is 0 Å². The molecule has 0 spiro atoms. The van der Waals surface area contributed by atoms with Gasteiger partial charge in [0.05, 0.1) is 0 Å². The summed E-state index contributed by atoms with van der Waals surface area (Å²) in [7, 11) is 0. The van der Waals surface area contributed by atoms with Crippen molar-refractivity contribution in [2.24, 2.45) is 0 Å². The van der Waals surface area contributed by atoms with Crippen LogP contribution in [0.4, 0.5) is 0 Å². The summed E-state index contributed by atoms with van der Waals surface area (Å²) in [5.74, 6) is 1.98. The van der Waals surface area contributed by atoms with E-state index in [4.69, 9.17) is 15.0 Å². The van der Waals surface area contributed by atoms with Crippen molar-refractivity contribution in [3.05, 3.63) is 164 Å². The molecule has 0 aliphatic rings. The number of nitrogens with zero attached hydrogens (tertiary/aromatic N) is 3. The fourth-order valence-corrected chi connectivity index (χ4v) is 8.28. The number of hydrogen-bond acceptors (Lipinski definition) is 4. The van der Waals surface area contributed by atoms with Crippen molar-refractivity contribution in [2.45, 2.75) is 0 Å². The smallest absolute Gasteiger partial charge is 0.164 e. The molecule has 0 saturated carbocycles. The van der Waals surface area contributed by atoms with E-state index in [1.54, 1.807) is 11.3 Å². The first-order valence-electron chi connectivity index (χ1n) is 16.4. The fourth-order valence-electron chi connectivity index (χ4n) is 7.13.